The van der Waals surface area contributed by atoms with Gasteiger partial charge in [0, 0.05) is 17.6 Å². The second-order valence-corrected chi connectivity index (χ2v) is 5.53. The molecule has 0 aromatic heterocycles. The minimum Gasteiger partial charge on any atom is -0.508 e. The predicted molar refractivity (Wildman–Crippen MR) is 71.2 cm³/mol. The predicted octanol–water partition coefficient (Wildman–Crippen LogP) is 3.54. The van der Waals surface area contributed by atoms with E-state index in [4.69, 9.17) is 0 Å². The third kappa shape index (κ3) is 3.47. The molecule has 94 valence electrons. The summed E-state index contributed by atoms with van der Waals surface area (Å²) in [6.45, 7) is 6.42. The fourth-order valence-electron chi connectivity index (χ4n) is 2.46. The Morgan fingerprint density at radius 1 is 1.35 bits per heavy atom. The van der Waals surface area contributed by atoms with Crippen molar-refractivity contribution in [1.29, 1.82) is 0 Å². The molecule has 0 aliphatic heterocycles. The lowest BCUT2D eigenvalue weighted by Crippen LogP contribution is -2.29. The van der Waals surface area contributed by atoms with Crippen molar-refractivity contribution in [2.45, 2.75) is 52.1 Å². The van der Waals surface area contributed by atoms with E-state index < -0.39 is 0 Å². The molecule has 0 amide bonds. The van der Waals surface area contributed by atoms with Gasteiger partial charge in [0.1, 0.15) is 5.75 Å². The first-order chi connectivity index (χ1) is 8.06. The van der Waals surface area contributed by atoms with Gasteiger partial charge in [-0.15, -0.1) is 0 Å². The minimum absolute atomic E-state index is 0.212. The topological polar surface area (TPSA) is 32.3 Å². The van der Waals surface area contributed by atoms with Gasteiger partial charge in [-0.05, 0) is 39.2 Å². The van der Waals surface area contributed by atoms with Crippen molar-refractivity contribution in [3.05, 3.63) is 29.3 Å². The Labute approximate surface area is 104 Å². The van der Waals surface area contributed by atoms with Gasteiger partial charge in [0.05, 0.1) is 0 Å². The highest BCUT2D eigenvalue weighted by Gasteiger charge is 2.24. The maximum Gasteiger partial charge on any atom is 0.120 e. The maximum absolute atomic E-state index is 9.87. The van der Waals surface area contributed by atoms with E-state index in [-0.39, 0.29) is 6.04 Å². The van der Waals surface area contributed by atoms with Crippen LogP contribution in [0.5, 0.6) is 5.75 Å². The van der Waals surface area contributed by atoms with Gasteiger partial charge in [-0.25, -0.2) is 0 Å². The normalized spacial score (nSPS) is 19.0. The lowest BCUT2D eigenvalue weighted by atomic mass is 10.0. The van der Waals surface area contributed by atoms with E-state index in [2.05, 4.69) is 32.2 Å². The number of aromatic hydroxyl groups is 1. The fraction of sp³-hybridized carbons (Fsp3) is 0.600. The van der Waals surface area contributed by atoms with Gasteiger partial charge in [0.15, 0.2) is 0 Å². The Hall–Kier alpha value is -1.02. The molecule has 1 aliphatic rings. The summed E-state index contributed by atoms with van der Waals surface area (Å²) in [6.07, 6.45) is 4.06. The SMILES string of the molecule is Cc1ccc(O)c(C(C)NC(C)CC2CC2)c1. The number of benzene rings is 1. The molecule has 1 fully saturated rings. The molecule has 17 heavy (non-hydrogen) atoms. The summed E-state index contributed by atoms with van der Waals surface area (Å²) >= 11 is 0. The molecule has 2 unspecified atom stereocenters. The fourth-order valence-corrected chi connectivity index (χ4v) is 2.46. The molecule has 2 rings (SSSR count). The number of rotatable bonds is 5. The summed E-state index contributed by atoms with van der Waals surface area (Å²) in [5, 5.41) is 13.4. The molecule has 1 aromatic rings. The van der Waals surface area contributed by atoms with Crippen molar-refractivity contribution >= 4 is 0 Å². The minimum atomic E-state index is 0.212. The molecular weight excluding hydrogens is 210 g/mol. The van der Waals surface area contributed by atoms with Crippen LogP contribution in [0.1, 0.15) is 50.3 Å². The molecule has 0 saturated heterocycles. The maximum atomic E-state index is 9.87. The van der Waals surface area contributed by atoms with E-state index in [1.807, 2.05) is 6.07 Å². The molecule has 1 aromatic carbocycles. The quantitative estimate of drug-likeness (QED) is 0.815. The first-order valence-corrected chi connectivity index (χ1v) is 6.62. The van der Waals surface area contributed by atoms with Crippen LogP contribution in [0.3, 0.4) is 0 Å². The number of aryl methyl sites for hydroxylation is 1. The van der Waals surface area contributed by atoms with Crippen LogP contribution < -0.4 is 5.32 Å². The first kappa shape index (κ1) is 12.4. The molecule has 0 radical (unpaired) electrons. The summed E-state index contributed by atoms with van der Waals surface area (Å²) in [5.41, 5.74) is 2.20. The number of hydrogen-bond donors (Lipinski definition) is 2. The monoisotopic (exact) mass is 233 g/mol. The van der Waals surface area contributed by atoms with E-state index in [9.17, 15) is 5.11 Å². The highest BCUT2D eigenvalue weighted by atomic mass is 16.3. The van der Waals surface area contributed by atoms with Crippen LogP contribution in [0.25, 0.3) is 0 Å². The lowest BCUT2D eigenvalue weighted by molar-refractivity contribution is 0.415. The van der Waals surface area contributed by atoms with Crippen molar-refractivity contribution in [3.8, 4) is 5.75 Å². The van der Waals surface area contributed by atoms with Crippen LogP contribution >= 0.6 is 0 Å². The van der Waals surface area contributed by atoms with Crippen LogP contribution in [-0.4, -0.2) is 11.1 Å². The van der Waals surface area contributed by atoms with Crippen LogP contribution in [0.15, 0.2) is 18.2 Å². The average molecular weight is 233 g/mol. The Morgan fingerprint density at radius 3 is 2.71 bits per heavy atom. The number of hydrogen-bond acceptors (Lipinski definition) is 2. The summed E-state index contributed by atoms with van der Waals surface area (Å²) in [4.78, 5) is 0. The van der Waals surface area contributed by atoms with Crippen molar-refractivity contribution in [1.82, 2.24) is 5.32 Å². The Kier molecular flexibility index (Phi) is 3.72. The van der Waals surface area contributed by atoms with Gasteiger partial charge >= 0.3 is 0 Å². The highest BCUT2D eigenvalue weighted by molar-refractivity contribution is 5.37. The number of phenols is 1. The van der Waals surface area contributed by atoms with Crippen molar-refractivity contribution < 1.29 is 5.11 Å². The summed E-state index contributed by atoms with van der Waals surface area (Å²) in [7, 11) is 0. The molecule has 2 nitrogen and oxygen atoms in total. The Bertz CT molecular complexity index is 385. The van der Waals surface area contributed by atoms with Gasteiger partial charge < -0.3 is 10.4 Å². The van der Waals surface area contributed by atoms with Crippen molar-refractivity contribution in [2.75, 3.05) is 0 Å². The zero-order valence-corrected chi connectivity index (χ0v) is 11.0. The molecule has 2 heteroatoms. The summed E-state index contributed by atoms with van der Waals surface area (Å²) in [5.74, 6) is 1.34. The second kappa shape index (κ2) is 5.09. The van der Waals surface area contributed by atoms with E-state index in [0.29, 0.717) is 11.8 Å². The molecule has 2 atom stereocenters. The van der Waals surface area contributed by atoms with Crippen molar-refractivity contribution in [2.24, 2.45) is 5.92 Å². The molecule has 0 spiro atoms. The van der Waals surface area contributed by atoms with Crippen LogP contribution in [0.2, 0.25) is 0 Å². The zero-order chi connectivity index (χ0) is 12.4. The van der Waals surface area contributed by atoms with Gasteiger partial charge in [-0.3, -0.25) is 0 Å². The Morgan fingerprint density at radius 2 is 2.06 bits per heavy atom. The molecule has 2 N–H and O–H groups in total. The molecule has 1 saturated carbocycles. The van der Waals surface area contributed by atoms with E-state index >= 15 is 0 Å². The van der Waals surface area contributed by atoms with Gasteiger partial charge in [-0.1, -0.05) is 30.5 Å². The lowest BCUT2D eigenvalue weighted by Gasteiger charge is -2.21. The summed E-state index contributed by atoms with van der Waals surface area (Å²) < 4.78 is 0. The van der Waals surface area contributed by atoms with E-state index in [1.54, 1.807) is 6.07 Å². The van der Waals surface area contributed by atoms with E-state index in [1.165, 1.54) is 24.8 Å². The number of nitrogens with one attached hydrogen (secondary N) is 1. The standard InChI is InChI=1S/C15H23NO/c1-10-4-7-15(17)14(8-10)12(3)16-11(2)9-13-5-6-13/h4,7-8,11-13,16-17H,5-6,9H2,1-3H3. The molecule has 0 heterocycles. The zero-order valence-electron chi connectivity index (χ0n) is 11.0. The van der Waals surface area contributed by atoms with Crippen molar-refractivity contribution in [3.63, 3.8) is 0 Å². The van der Waals surface area contributed by atoms with Crippen LogP contribution in [-0.2, 0) is 0 Å². The Balaban J connectivity index is 1.97. The first-order valence-electron chi connectivity index (χ1n) is 6.62. The molecule has 0 bridgehead atoms. The largest absolute Gasteiger partial charge is 0.508 e. The smallest absolute Gasteiger partial charge is 0.120 e. The second-order valence-electron chi connectivity index (χ2n) is 5.53. The summed E-state index contributed by atoms with van der Waals surface area (Å²) in [6, 6.07) is 6.53. The van der Waals surface area contributed by atoms with Gasteiger partial charge in [-0.2, -0.15) is 0 Å². The highest BCUT2D eigenvalue weighted by Crippen LogP contribution is 2.34. The molecule has 1 aliphatic carbocycles. The van der Waals surface area contributed by atoms with Crippen LogP contribution in [0.4, 0.5) is 0 Å². The van der Waals surface area contributed by atoms with Gasteiger partial charge in [0.25, 0.3) is 0 Å². The number of phenolic OH excluding ortho intramolecular Hbond substituents is 1. The third-order valence-electron chi connectivity index (χ3n) is 3.57. The van der Waals surface area contributed by atoms with E-state index in [0.717, 1.165) is 11.5 Å². The average Bonchev–Trinajstić information content (AvgIpc) is 3.05. The van der Waals surface area contributed by atoms with Gasteiger partial charge in [0.2, 0.25) is 0 Å². The molecular formula is C15H23NO. The van der Waals surface area contributed by atoms with Crippen LogP contribution in [0, 0.1) is 12.8 Å². The third-order valence-corrected chi connectivity index (χ3v) is 3.57.